The molecule has 12 nitrogen and oxygen atoms in total. The number of phenols is 1. The Morgan fingerprint density at radius 3 is 2.20 bits per heavy atom. The van der Waals surface area contributed by atoms with E-state index in [0.29, 0.717) is 33.8 Å². The normalized spacial score (nSPS) is 31.2. The van der Waals surface area contributed by atoms with Crippen molar-refractivity contribution in [3.05, 3.63) is 59.8 Å². The topological polar surface area (TPSA) is 163 Å². The number of phenolic OH excluding ortho intramolecular Hbond substituents is 1. The van der Waals surface area contributed by atoms with Crippen molar-refractivity contribution in [2.24, 2.45) is 33.9 Å². The Balaban J connectivity index is 0.843. The molecule has 8 rings (SSSR count). The van der Waals surface area contributed by atoms with Gasteiger partial charge in [-0.1, -0.05) is 12.1 Å². The number of piperazine rings is 1. The number of carbonyl (C=O) groups is 1. The molecule has 0 radical (unpaired) electrons. The molecule has 4 aliphatic heterocycles. The first-order valence-corrected chi connectivity index (χ1v) is 16.6. The molecule has 2 unspecified atom stereocenters. The Kier molecular flexibility index (Phi) is 6.79. The average molecular weight is 628 g/mol. The molecule has 6 fully saturated rings. The minimum absolute atomic E-state index is 0.0282. The van der Waals surface area contributed by atoms with E-state index < -0.39 is 0 Å². The van der Waals surface area contributed by atoms with Crippen LogP contribution in [0.15, 0.2) is 54.3 Å². The number of benzene rings is 1. The van der Waals surface area contributed by atoms with Gasteiger partial charge >= 0.3 is 5.97 Å². The maximum absolute atomic E-state index is 11.8. The van der Waals surface area contributed by atoms with Crippen LogP contribution in [0.1, 0.15) is 44.1 Å². The number of anilines is 2. The standard InChI is InChI=1S/C34H45N9O3/c1-46-31(45)21-9-33(10-21)11-24(12-33)41-17-34(18-41)19-42(20-34)25-13-38-32(39-14-25)43-22-6-7-23(43)16-40(15-22)28(30(36)37)8-27(35)26-4-2-3-5-29(26)44/h2-5,8,13-14,21-24,44H,6-7,9-12,15-20,35-37H2,1H3/b27-8-. The number of nitrogens with zero attached hydrogens (tertiary/aromatic N) is 6. The summed E-state index contributed by atoms with van der Waals surface area (Å²) in [6.45, 7) is 5.94. The highest BCUT2D eigenvalue weighted by Crippen LogP contribution is 2.61. The minimum Gasteiger partial charge on any atom is -0.507 e. The van der Waals surface area contributed by atoms with Crippen molar-refractivity contribution in [1.82, 2.24) is 19.8 Å². The molecule has 244 valence electrons. The number of allylic oxidation sites excluding steroid dienone is 1. The Labute approximate surface area is 269 Å². The van der Waals surface area contributed by atoms with Gasteiger partial charge in [-0.05, 0) is 62.1 Å². The quantitative estimate of drug-likeness (QED) is 0.260. The van der Waals surface area contributed by atoms with Crippen molar-refractivity contribution >= 4 is 23.3 Å². The lowest BCUT2D eigenvalue weighted by Crippen LogP contribution is -2.75. The lowest BCUT2D eigenvalue weighted by molar-refractivity contribution is -0.171. The van der Waals surface area contributed by atoms with Gasteiger partial charge in [-0.3, -0.25) is 9.69 Å². The van der Waals surface area contributed by atoms with Crippen molar-refractivity contribution in [2.45, 2.75) is 56.7 Å². The van der Waals surface area contributed by atoms with Gasteiger partial charge in [0.2, 0.25) is 5.95 Å². The van der Waals surface area contributed by atoms with E-state index in [9.17, 15) is 9.90 Å². The van der Waals surface area contributed by atoms with Crippen molar-refractivity contribution < 1.29 is 14.6 Å². The van der Waals surface area contributed by atoms with E-state index in [0.717, 1.165) is 63.5 Å². The van der Waals surface area contributed by atoms with Gasteiger partial charge in [0.25, 0.3) is 0 Å². The average Bonchev–Trinajstić information content (AvgIpc) is 3.23. The minimum atomic E-state index is -0.0282. The second-order valence-corrected chi connectivity index (χ2v) is 14.8. The second-order valence-electron chi connectivity index (χ2n) is 14.8. The van der Waals surface area contributed by atoms with Gasteiger partial charge in [-0.15, -0.1) is 0 Å². The highest BCUT2D eigenvalue weighted by Gasteiger charge is 2.60. The number of para-hydroxylation sites is 1. The van der Waals surface area contributed by atoms with E-state index in [4.69, 9.17) is 31.9 Å². The van der Waals surface area contributed by atoms with E-state index in [1.54, 1.807) is 24.3 Å². The Hall–Kier alpha value is -4.19. The summed E-state index contributed by atoms with van der Waals surface area (Å²) in [5.41, 5.74) is 22.2. The fraction of sp³-hybridized carbons (Fsp3) is 0.559. The molecule has 6 aliphatic rings. The number of likely N-dealkylation sites (tertiary alicyclic amines) is 2. The summed E-state index contributed by atoms with van der Waals surface area (Å²) in [5.74, 6) is 1.21. The maximum atomic E-state index is 11.8. The SMILES string of the molecule is COC(=O)C1CC2(C1)CC(N1CC3(CN(c4cnc(N5C6CCC5CN(C(/C=C(\N)c5ccccc5O)=C(N)N)C6)nc4)C3)C1)C2. The number of hydrogen-bond acceptors (Lipinski definition) is 12. The summed E-state index contributed by atoms with van der Waals surface area (Å²) in [5, 5.41) is 10.3. The van der Waals surface area contributed by atoms with Gasteiger partial charge in [0.1, 0.15) is 11.6 Å². The summed E-state index contributed by atoms with van der Waals surface area (Å²) in [6, 6.07) is 8.15. The molecule has 7 N–H and O–H groups in total. The molecule has 12 heteroatoms. The van der Waals surface area contributed by atoms with Gasteiger partial charge in [-0.25, -0.2) is 9.97 Å². The largest absolute Gasteiger partial charge is 0.507 e. The van der Waals surface area contributed by atoms with Gasteiger partial charge in [0.05, 0.1) is 36.8 Å². The Bertz CT molecular complexity index is 1550. The fourth-order valence-corrected chi connectivity index (χ4v) is 9.41. The zero-order chi connectivity index (χ0) is 31.8. The summed E-state index contributed by atoms with van der Waals surface area (Å²) < 4.78 is 4.92. The highest BCUT2D eigenvalue weighted by atomic mass is 16.5. The van der Waals surface area contributed by atoms with E-state index in [-0.39, 0.29) is 35.5 Å². The maximum Gasteiger partial charge on any atom is 0.308 e. The number of nitrogens with two attached hydrogens (primary N) is 3. The summed E-state index contributed by atoms with van der Waals surface area (Å²) >= 11 is 0. The molecular weight excluding hydrogens is 582 g/mol. The van der Waals surface area contributed by atoms with Crippen LogP contribution in [0, 0.1) is 16.7 Å². The van der Waals surface area contributed by atoms with E-state index in [2.05, 4.69) is 19.6 Å². The van der Waals surface area contributed by atoms with E-state index in [1.165, 1.54) is 33.0 Å². The monoisotopic (exact) mass is 627 g/mol. The third-order valence-electron chi connectivity index (χ3n) is 11.7. The molecule has 2 spiro atoms. The van der Waals surface area contributed by atoms with Crippen molar-refractivity contribution in [3.63, 3.8) is 0 Å². The molecule has 4 saturated heterocycles. The van der Waals surface area contributed by atoms with E-state index >= 15 is 0 Å². The van der Waals surface area contributed by atoms with Crippen LogP contribution in [-0.4, -0.2) is 95.3 Å². The van der Waals surface area contributed by atoms with Crippen molar-refractivity contribution in [1.29, 1.82) is 0 Å². The predicted octanol–water partition coefficient (Wildman–Crippen LogP) is 1.78. The lowest BCUT2D eigenvalue weighted by atomic mass is 9.49. The fourth-order valence-electron chi connectivity index (χ4n) is 9.41. The third-order valence-corrected chi connectivity index (χ3v) is 11.7. The predicted molar refractivity (Wildman–Crippen MR) is 175 cm³/mol. The van der Waals surface area contributed by atoms with Gasteiger partial charge in [-0.2, -0.15) is 0 Å². The number of fused-ring (bicyclic) bond motifs is 2. The van der Waals surface area contributed by atoms with Crippen LogP contribution < -0.4 is 27.0 Å². The van der Waals surface area contributed by atoms with Crippen LogP contribution in [0.4, 0.5) is 11.6 Å². The molecule has 2 aliphatic carbocycles. The third kappa shape index (κ3) is 4.80. The molecule has 5 heterocycles. The summed E-state index contributed by atoms with van der Waals surface area (Å²) in [4.78, 5) is 31.1. The molecule has 1 aromatic carbocycles. The van der Waals surface area contributed by atoms with Crippen LogP contribution in [0.5, 0.6) is 5.75 Å². The van der Waals surface area contributed by atoms with Gasteiger partial charge in [0.15, 0.2) is 0 Å². The number of aromatic hydroxyl groups is 1. The van der Waals surface area contributed by atoms with Crippen LogP contribution >= 0.6 is 0 Å². The van der Waals surface area contributed by atoms with Crippen LogP contribution in [0.3, 0.4) is 0 Å². The Morgan fingerprint density at radius 1 is 0.935 bits per heavy atom. The number of hydrogen-bond donors (Lipinski definition) is 4. The molecule has 2 atom stereocenters. The first kappa shape index (κ1) is 29.2. The molecular formula is C34H45N9O3. The van der Waals surface area contributed by atoms with Crippen LogP contribution in [0.2, 0.25) is 0 Å². The highest BCUT2D eigenvalue weighted by molar-refractivity contribution is 5.73. The molecule has 2 bridgehead atoms. The second kappa shape index (κ2) is 10.7. The number of aromatic nitrogens is 2. The smallest absolute Gasteiger partial charge is 0.308 e. The van der Waals surface area contributed by atoms with Crippen molar-refractivity contribution in [3.8, 4) is 5.75 Å². The lowest BCUT2D eigenvalue weighted by Gasteiger charge is -2.67. The number of carbonyl (C=O) groups excluding carboxylic acids is 1. The van der Waals surface area contributed by atoms with Crippen LogP contribution in [-0.2, 0) is 9.53 Å². The van der Waals surface area contributed by atoms with Crippen LogP contribution in [0.25, 0.3) is 5.70 Å². The number of rotatable bonds is 7. The van der Waals surface area contributed by atoms with Gasteiger partial charge in [0, 0.05) is 74.1 Å². The molecule has 2 aromatic rings. The number of esters is 1. The molecule has 46 heavy (non-hydrogen) atoms. The molecule has 2 saturated carbocycles. The molecule has 1 aromatic heterocycles. The molecule has 0 amide bonds. The zero-order valence-electron chi connectivity index (χ0n) is 26.5. The Morgan fingerprint density at radius 2 is 1.59 bits per heavy atom. The van der Waals surface area contributed by atoms with Crippen molar-refractivity contribution in [2.75, 3.05) is 56.2 Å². The zero-order valence-corrected chi connectivity index (χ0v) is 26.5. The first-order chi connectivity index (χ1) is 22.1. The number of ether oxygens (including phenoxy) is 1. The van der Waals surface area contributed by atoms with Gasteiger partial charge < -0.3 is 41.7 Å². The summed E-state index contributed by atoms with van der Waals surface area (Å²) in [7, 11) is 1.50. The van der Waals surface area contributed by atoms with E-state index in [1.807, 2.05) is 18.5 Å². The first-order valence-electron chi connectivity index (χ1n) is 16.6. The summed E-state index contributed by atoms with van der Waals surface area (Å²) in [6.07, 6.45) is 12.3. The number of methoxy groups -OCH3 is 1.